The van der Waals surface area contributed by atoms with E-state index < -0.39 is 27.4 Å². The topological polar surface area (TPSA) is 78.4 Å². The van der Waals surface area contributed by atoms with E-state index >= 15 is 0 Å². The third-order valence-corrected chi connectivity index (χ3v) is 7.66. The maximum absolute atomic E-state index is 14.5. The van der Waals surface area contributed by atoms with E-state index in [0.29, 0.717) is 17.7 Å². The number of nitrogens with zero attached hydrogens (tertiary/aromatic N) is 2. The van der Waals surface area contributed by atoms with Crippen LogP contribution in [0.4, 0.5) is 17.6 Å². The Morgan fingerprint density at radius 1 is 1.05 bits per heavy atom. The smallest absolute Gasteiger partial charge is 0.417 e. The second-order valence-electron chi connectivity index (χ2n) is 9.52. The Morgan fingerprint density at radius 2 is 1.81 bits per heavy atom. The van der Waals surface area contributed by atoms with Crippen molar-refractivity contribution in [1.82, 2.24) is 9.97 Å². The van der Waals surface area contributed by atoms with Crippen LogP contribution in [-0.4, -0.2) is 37.0 Å². The lowest BCUT2D eigenvalue weighted by molar-refractivity contribution is -0.137. The van der Waals surface area contributed by atoms with Crippen LogP contribution >= 0.6 is 0 Å². The minimum absolute atomic E-state index is 0.0804. The molecule has 1 aromatic carbocycles. The van der Waals surface area contributed by atoms with E-state index in [0.717, 1.165) is 31.0 Å². The van der Waals surface area contributed by atoms with Crippen molar-refractivity contribution in [1.29, 1.82) is 0 Å². The van der Waals surface area contributed by atoms with E-state index in [4.69, 9.17) is 9.47 Å². The molecule has 6 nitrogen and oxygen atoms in total. The largest absolute Gasteiger partial charge is 0.478 e. The maximum Gasteiger partial charge on any atom is 0.417 e. The minimum Gasteiger partial charge on any atom is -0.478 e. The van der Waals surface area contributed by atoms with Crippen LogP contribution in [0, 0.1) is 11.7 Å². The molecule has 0 bridgehead atoms. The summed E-state index contributed by atoms with van der Waals surface area (Å²) in [6.07, 6.45) is 1.43. The summed E-state index contributed by atoms with van der Waals surface area (Å²) in [5.74, 6) is 0.571. The first-order chi connectivity index (χ1) is 17.5. The van der Waals surface area contributed by atoms with Gasteiger partial charge in [0.15, 0.2) is 0 Å². The van der Waals surface area contributed by atoms with Crippen molar-refractivity contribution in [3.05, 3.63) is 70.8 Å². The van der Waals surface area contributed by atoms with Crippen molar-refractivity contribution in [3.8, 4) is 22.9 Å². The Balaban J connectivity index is 1.33. The van der Waals surface area contributed by atoms with Gasteiger partial charge in [-0.05, 0) is 59.9 Å². The summed E-state index contributed by atoms with van der Waals surface area (Å²) < 4.78 is 89.5. The second-order valence-corrected chi connectivity index (χ2v) is 11.8. The standard InChI is InChI=1S/C26H24F4N2O4S/c1-37(33,34)6-2-5-35-25-11-22(26(28,29)30)21(13-32-25)15-3-4-23(27)18(7-15)14-36-24-10-17-8-16-9-19(16)20(17)12-31-24/h3-4,7,10-13,16,19H,2,5-6,8-9,14H2,1H3/t16-,19?/m0/s1. The molecule has 3 aromatic rings. The van der Waals surface area contributed by atoms with E-state index in [2.05, 4.69) is 9.97 Å². The van der Waals surface area contributed by atoms with Crippen LogP contribution < -0.4 is 9.47 Å². The summed E-state index contributed by atoms with van der Waals surface area (Å²) in [5, 5.41) is 0. The molecule has 1 fully saturated rings. The highest BCUT2D eigenvalue weighted by Crippen LogP contribution is 2.56. The highest BCUT2D eigenvalue weighted by Gasteiger charge is 2.45. The van der Waals surface area contributed by atoms with Crippen molar-refractivity contribution >= 4 is 9.84 Å². The van der Waals surface area contributed by atoms with Crippen LogP contribution in [0.3, 0.4) is 0 Å². The van der Waals surface area contributed by atoms with E-state index in [-0.39, 0.29) is 48.0 Å². The van der Waals surface area contributed by atoms with Gasteiger partial charge in [-0.15, -0.1) is 0 Å². The van der Waals surface area contributed by atoms with Gasteiger partial charge in [-0.2, -0.15) is 13.2 Å². The number of sulfone groups is 1. The van der Waals surface area contributed by atoms with E-state index in [1.165, 1.54) is 29.7 Å². The summed E-state index contributed by atoms with van der Waals surface area (Å²) in [5.41, 5.74) is 1.37. The fourth-order valence-corrected chi connectivity index (χ4v) is 5.34. The molecular weight excluding hydrogens is 512 g/mol. The Bertz CT molecular complexity index is 1440. The molecule has 0 aliphatic heterocycles. The Morgan fingerprint density at radius 3 is 2.57 bits per heavy atom. The number of fused-ring (bicyclic) bond motifs is 3. The van der Waals surface area contributed by atoms with Gasteiger partial charge in [0.25, 0.3) is 0 Å². The first-order valence-electron chi connectivity index (χ1n) is 11.8. The van der Waals surface area contributed by atoms with E-state index in [1.807, 2.05) is 6.07 Å². The predicted molar refractivity (Wildman–Crippen MR) is 128 cm³/mol. The molecule has 2 heterocycles. The zero-order valence-corrected chi connectivity index (χ0v) is 20.7. The Labute approximate surface area is 211 Å². The zero-order chi connectivity index (χ0) is 26.4. The zero-order valence-electron chi connectivity index (χ0n) is 19.9. The van der Waals surface area contributed by atoms with Crippen LogP contribution in [0.1, 0.15) is 41.0 Å². The van der Waals surface area contributed by atoms with E-state index in [1.54, 1.807) is 6.20 Å². The first kappa shape index (κ1) is 25.4. The van der Waals surface area contributed by atoms with Crippen LogP contribution in [0.5, 0.6) is 11.8 Å². The molecule has 0 radical (unpaired) electrons. The van der Waals surface area contributed by atoms with Crippen molar-refractivity contribution in [2.24, 2.45) is 5.92 Å². The van der Waals surface area contributed by atoms with Gasteiger partial charge < -0.3 is 9.47 Å². The van der Waals surface area contributed by atoms with Crippen molar-refractivity contribution in [2.45, 2.75) is 38.0 Å². The molecular formula is C26H24F4N2O4S. The van der Waals surface area contributed by atoms with Crippen molar-refractivity contribution < 1.29 is 35.5 Å². The Hall–Kier alpha value is -3.21. The summed E-state index contributed by atoms with van der Waals surface area (Å²) >= 11 is 0. The molecule has 196 valence electrons. The van der Waals surface area contributed by atoms with Crippen LogP contribution in [-0.2, 0) is 29.0 Å². The fraction of sp³-hybridized carbons (Fsp3) is 0.385. The fourth-order valence-electron chi connectivity index (χ4n) is 4.69. The molecule has 2 atom stereocenters. The summed E-state index contributed by atoms with van der Waals surface area (Å²) in [7, 11) is -3.21. The number of benzene rings is 1. The number of rotatable bonds is 9. The molecule has 0 spiro atoms. The lowest BCUT2D eigenvalue weighted by atomic mass is 9.99. The summed E-state index contributed by atoms with van der Waals surface area (Å²) in [4.78, 5) is 8.25. The van der Waals surface area contributed by atoms with E-state index in [9.17, 15) is 26.0 Å². The number of hydrogen-bond acceptors (Lipinski definition) is 6. The van der Waals surface area contributed by atoms with Gasteiger partial charge in [-0.25, -0.2) is 22.8 Å². The lowest BCUT2D eigenvalue weighted by Gasteiger charge is -2.16. The number of alkyl halides is 3. The monoisotopic (exact) mass is 536 g/mol. The first-order valence-corrected chi connectivity index (χ1v) is 13.8. The molecule has 2 aromatic heterocycles. The molecule has 1 unspecified atom stereocenters. The molecule has 11 heteroatoms. The predicted octanol–water partition coefficient (Wildman–Crippen LogP) is 5.35. The average molecular weight is 537 g/mol. The van der Waals surface area contributed by atoms with Gasteiger partial charge >= 0.3 is 6.18 Å². The number of hydrogen-bond donors (Lipinski definition) is 0. The molecule has 0 saturated heterocycles. The van der Waals surface area contributed by atoms with Gasteiger partial charge in [-0.1, -0.05) is 6.07 Å². The number of aromatic nitrogens is 2. The van der Waals surface area contributed by atoms with Gasteiger partial charge in [0.1, 0.15) is 22.3 Å². The lowest BCUT2D eigenvalue weighted by Crippen LogP contribution is -2.11. The van der Waals surface area contributed by atoms with Gasteiger partial charge in [0.2, 0.25) is 11.8 Å². The van der Waals surface area contributed by atoms with Crippen molar-refractivity contribution in [3.63, 3.8) is 0 Å². The number of halogens is 4. The maximum atomic E-state index is 14.5. The van der Waals surface area contributed by atoms with Crippen LogP contribution in [0.2, 0.25) is 0 Å². The minimum atomic E-state index is -4.73. The van der Waals surface area contributed by atoms with Crippen molar-refractivity contribution in [2.75, 3.05) is 18.6 Å². The summed E-state index contributed by atoms with van der Waals surface area (Å²) in [6.45, 7) is -0.304. The molecule has 2 aliphatic carbocycles. The van der Waals surface area contributed by atoms with Gasteiger partial charge in [0.05, 0.1) is 17.9 Å². The molecule has 2 aliphatic rings. The summed E-state index contributed by atoms with van der Waals surface area (Å²) in [6, 6.07) is 6.25. The Kier molecular flexibility index (Phi) is 6.59. The molecule has 0 amide bonds. The SMILES string of the molecule is CS(=O)(=O)CCCOc1cc(C(F)(F)F)c(-c2ccc(F)c(COc3cc4c(cn3)C3C[C@@H]3C4)c2)cn1. The number of pyridine rings is 2. The third-order valence-electron chi connectivity index (χ3n) is 6.63. The number of ether oxygens (including phenoxy) is 2. The average Bonchev–Trinajstić information content (AvgIpc) is 3.50. The van der Waals surface area contributed by atoms with Gasteiger partial charge in [0, 0.05) is 41.9 Å². The normalized spacial score (nSPS) is 18.3. The molecule has 0 N–H and O–H groups in total. The van der Waals surface area contributed by atoms with Gasteiger partial charge in [-0.3, -0.25) is 0 Å². The molecule has 5 rings (SSSR count). The molecule has 1 saturated carbocycles. The quantitative estimate of drug-likeness (QED) is 0.271. The molecule has 37 heavy (non-hydrogen) atoms. The van der Waals surface area contributed by atoms with Crippen LogP contribution in [0.15, 0.2) is 42.7 Å². The highest BCUT2D eigenvalue weighted by molar-refractivity contribution is 7.90. The van der Waals surface area contributed by atoms with Crippen LogP contribution in [0.25, 0.3) is 11.1 Å². The second kappa shape index (κ2) is 9.59. The third kappa shape index (κ3) is 5.87. The highest BCUT2D eigenvalue weighted by atomic mass is 32.2.